The summed E-state index contributed by atoms with van der Waals surface area (Å²) >= 11 is 0. The van der Waals surface area contributed by atoms with Gasteiger partial charge >= 0.3 is 0 Å². The number of anilines is 1. The second-order valence-corrected chi connectivity index (χ2v) is 5.46. The van der Waals surface area contributed by atoms with E-state index in [4.69, 9.17) is 10.5 Å². The molecule has 2 heterocycles. The van der Waals surface area contributed by atoms with Gasteiger partial charge in [-0.1, -0.05) is 12.1 Å². The Morgan fingerprint density at radius 3 is 3.16 bits per heavy atom. The Kier molecular flexibility index (Phi) is 3.53. The van der Waals surface area contributed by atoms with Crippen LogP contribution in [0.5, 0.6) is 0 Å². The quantitative estimate of drug-likeness (QED) is 0.871. The van der Waals surface area contributed by atoms with Crippen LogP contribution < -0.4 is 11.1 Å². The predicted octanol–water partition coefficient (Wildman–Crippen LogP) is 2.14. The topological polar surface area (TPSA) is 64.3 Å². The maximum atomic E-state index is 11.3. The van der Waals surface area contributed by atoms with Gasteiger partial charge in [0, 0.05) is 18.3 Å². The number of benzene rings is 1. The van der Waals surface area contributed by atoms with Crippen LogP contribution in [0.2, 0.25) is 0 Å². The number of carbonyl (C=O) groups excluding carboxylic acids is 1. The van der Waals surface area contributed by atoms with Crippen molar-refractivity contribution < 1.29 is 9.53 Å². The van der Waals surface area contributed by atoms with Gasteiger partial charge in [-0.15, -0.1) is 0 Å². The normalized spacial score (nSPS) is 23.2. The van der Waals surface area contributed by atoms with Crippen molar-refractivity contribution in [3.8, 4) is 0 Å². The summed E-state index contributed by atoms with van der Waals surface area (Å²) in [6.07, 6.45) is 5.16. The Hall–Kier alpha value is -1.39. The van der Waals surface area contributed by atoms with Crippen molar-refractivity contribution in [1.29, 1.82) is 0 Å². The van der Waals surface area contributed by atoms with Gasteiger partial charge in [0.2, 0.25) is 5.91 Å². The van der Waals surface area contributed by atoms with Crippen molar-refractivity contribution in [2.45, 2.75) is 44.2 Å². The number of hydrogen-bond acceptors (Lipinski definition) is 3. The van der Waals surface area contributed by atoms with E-state index in [1.54, 1.807) is 0 Å². The van der Waals surface area contributed by atoms with E-state index in [0.717, 1.165) is 42.7 Å². The summed E-state index contributed by atoms with van der Waals surface area (Å²) < 4.78 is 5.62. The van der Waals surface area contributed by atoms with Crippen molar-refractivity contribution >= 4 is 11.6 Å². The fraction of sp³-hybridized carbons (Fsp3) is 0.533. The Balaban J connectivity index is 1.62. The molecule has 0 spiro atoms. The predicted molar refractivity (Wildman–Crippen MR) is 73.9 cm³/mol. The molecule has 2 aliphatic rings. The summed E-state index contributed by atoms with van der Waals surface area (Å²) in [6.45, 7) is 0.895. The van der Waals surface area contributed by atoms with Crippen molar-refractivity contribution in [3.63, 3.8) is 0 Å². The van der Waals surface area contributed by atoms with Gasteiger partial charge in [0.15, 0.2) is 0 Å². The average molecular weight is 260 g/mol. The van der Waals surface area contributed by atoms with E-state index in [0.29, 0.717) is 12.5 Å². The van der Waals surface area contributed by atoms with E-state index in [1.165, 1.54) is 6.42 Å². The van der Waals surface area contributed by atoms with Gasteiger partial charge in [0.05, 0.1) is 12.5 Å². The first-order valence-corrected chi connectivity index (χ1v) is 7.02. The van der Waals surface area contributed by atoms with Crippen LogP contribution in [0, 0.1) is 0 Å². The first kappa shape index (κ1) is 12.6. The maximum Gasteiger partial charge on any atom is 0.228 e. The number of carbonyl (C=O) groups is 1. The summed E-state index contributed by atoms with van der Waals surface area (Å²) in [4.78, 5) is 11.3. The summed E-state index contributed by atoms with van der Waals surface area (Å²) in [5.41, 5.74) is 9.36. The van der Waals surface area contributed by atoms with E-state index >= 15 is 0 Å². The van der Waals surface area contributed by atoms with Crippen molar-refractivity contribution in [1.82, 2.24) is 0 Å². The standard InChI is InChI=1S/C15H20N2O2/c16-13(5-4-12-2-1-7-19-12)10-3-6-14-11(8-10)9-15(18)17-14/h3,6,8,12-13H,1-2,4-5,7,9,16H2,(H,17,18). The molecule has 19 heavy (non-hydrogen) atoms. The average Bonchev–Trinajstić information content (AvgIpc) is 3.02. The molecule has 0 radical (unpaired) electrons. The molecule has 1 aromatic rings. The molecule has 1 saturated heterocycles. The Bertz CT molecular complexity index is 481. The summed E-state index contributed by atoms with van der Waals surface area (Å²) in [7, 11) is 0. The van der Waals surface area contributed by atoms with Crippen LogP contribution in [0.1, 0.15) is 42.9 Å². The number of nitrogens with one attached hydrogen (secondary N) is 1. The maximum absolute atomic E-state index is 11.3. The number of rotatable bonds is 4. The van der Waals surface area contributed by atoms with Crippen LogP contribution >= 0.6 is 0 Å². The lowest BCUT2D eigenvalue weighted by atomic mass is 9.98. The molecule has 1 fully saturated rings. The lowest BCUT2D eigenvalue weighted by Crippen LogP contribution is -2.14. The minimum Gasteiger partial charge on any atom is -0.378 e. The minimum absolute atomic E-state index is 0.0326. The third-order valence-electron chi connectivity index (χ3n) is 4.01. The second kappa shape index (κ2) is 5.31. The number of amides is 1. The van der Waals surface area contributed by atoms with Gasteiger partial charge < -0.3 is 15.8 Å². The molecule has 2 unspecified atom stereocenters. The fourth-order valence-electron chi connectivity index (χ4n) is 2.88. The second-order valence-electron chi connectivity index (χ2n) is 5.46. The Morgan fingerprint density at radius 2 is 2.37 bits per heavy atom. The van der Waals surface area contributed by atoms with Gasteiger partial charge in [0.1, 0.15) is 0 Å². The molecule has 2 atom stereocenters. The lowest BCUT2D eigenvalue weighted by Gasteiger charge is -2.15. The van der Waals surface area contributed by atoms with Gasteiger partial charge in [0.25, 0.3) is 0 Å². The summed E-state index contributed by atoms with van der Waals surface area (Å²) in [6, 6.07) is 6.07. The van der Waals surface area contributed by atoms with E-state index in [9.17, 15) is 4.79 Å². The molecule has 0 bridgehead atoms. The highest BCUT2D eigenvalue weighted by Crippen LogP contribution is 2.28. The first-order chi connectivity index (χ1) is 9.22. The highest BCUT2D eigenvalue weighted by molar-refractivity contribution is 5.99. The highest BCUT2D eigenvalue weighted by Gasteiger charge is 2.20. The highest BCUT2D eigenvalue weighted by atomic mass is 16.5. The lowest BCUT2D eigenvalue weighted by molar-refractivity contribution is -0.115. The van der Waals surface area contributed by atoms with Crippen LogP contribution in [-0.4, -0.2) is 18.6 Å². The summed E-state index contributed by atoms with van der Waals surface area (Å²) in [5.74, 6) is 0.0695. The van der Waals surface area contributed by atoms with Crippen LogP contribution in [0.4, 0.5) is 5.69 Å². The monoisotopic (exact) mass is 260 g/mol. The zero-order valence-electron chi connectivity index (χ0n) is 11.0. The third kappa shape index (κ3) is 2.80. The minimum atomic E-state index is 0.0326. The van der Waals surface area contributed by atoms with E-state index in [1.807, 2.05) is 12.1 Å². The van der Waals surface area contributed by atoms with Crippen LogP contribution in [0.25, 0.3) is 0 Å². The Morgan fingerprint density at radius 1 is 1.47 bits per heavy atom. The molecule has 2 aliphatic heterocycles. The molecule has 0 saturated carbocycles. The van der Waals surface area contributed by atoms with E-state index in [-0.39, 0.29) is 11.9 Å². The van der Waals surface area contributed by atoms with E-state index in [2.05, 4.69) is 11.4 Å². The van der Waals surface area contributed by atoms with Gasteiger partial charge in [-0.3, -0.25) is 4.79 Å². The fourth-order valence-corrected chi connectivity index (χ4v) is 2.88. The van der Waals surface area contributed by atoms with Crippen LogP contribution in [0.3, 0.4) is 0 Å². The zero-order chi connectivity index (χ0) is 13.2. The molecule has 0 aromatic heterocycles. The largest absolute Gasteiger partial charge is 0.378 e. The molecule has 4 heteroatoms. The molecule has 102 valence electrons. The summed E-state index contributed by atoms with van der Waals surface area (Å²) in [5, 5.41) is 2.84. The number of fused-ring (bicyclic) bond motifs is 1. The van der Waals surface area contributed by atoms with E-state index < -0.39 is 0 Å². The molecule has 4 nitrogen and oxygen atoms in total. The van der Waals surface area contributed by atoms with Gasteiger partial charge in [-0.05, 0) is 42.9 Å². The number of hydrogen-bond donors (Lipinski definition) is 2. The number of nitrogens with two attached hydrogens (primary N) is 1. The van der Waals surface area contributed by atoms with Crippen LogP contribution in [0.15, 0.2) is 18.2 Å². The molecule has 1 amide bonds. The van der Waals surface area contributed by atoms with Crippen molar-refractivity contribution in [2.75, 3.05) is 11.9 Å². The van der Waals surface area contributed by atoms with Gasteiger partial charge in [-0.25, -0.2) is 0 Å². The van der Waals surface area contributed by atoms with Crippen molar-refractivity contribution in [2.24, 2.45) is 5.73 Å². The SMILES string of the molecule is NC(CCC1CCCO1)c1ccc2c(c1)CC(=O)N2. The van der Waals surface area contributed by atoms with Gasteiger partial charge in [-0.2, -0.15) is 0 Å². The molecule has 1 aromatic carbocycles. The number of ether oxygens (including phenoxy) is 1. The molecule has 3 rings (SSSR count). The van der Waals surface area contributed by atoms with Crippen molar-refractivity contribution in [3.05, 3.63) is 29.3 Å². The van der Waals surface area contributed by atoms with Crippen LogP contribution in [-0.2, 0) is 16.0 Å². The Labute approximate surface area is 113 Å². The molecular formula is C15H20N2O2. The zero-order valence-corrected chi connectivity index (χ0v) is 11.0. The first-order valence-electron chi connectivity index (χ1n) is 7.02. The smallest absolute Gasteiger partial charge is 0.228 e. The molecule has 0 aliphatic carbocycles. The third-order valence-corrected chi connectivity index (χ3v) is 4.01. The molecule has 3 N–H and O–H groups in total. The molecular weight excluding hydrogens is 240 g/mol.